The van der Waals surface area contributed by atoms with Crippen molar-refractivity contribution in [1.29, 1.82) is 0 Å². The third-order valence-electron chi connectivity index (χ3n) is 7.42. The molecule has 2 heterocycles. The summed E-state index contributed by atoms with van der Waals surface area (Å²) in [4.78, 5) is 26.2. The molecular weight excluding hydrogens is 470 g/mol. The van der Waals surface area contributed by atoms with Crippen molar-refractivity contribution < 1.29 is 39.5 Å². The van der Waals surface area contributed by atoms with Gasteiger partial charge in [0.1, 0.15) is 18.3 Å². The molecule has 6 atom stereocenters. The summed E-state index contributed by atoms with van der Waals surface area (Å²) in [5.41, 5.74) is 1.47. The lowest BCUT2D eigenvalue weighted by Gasteiger charge is -2.49. The number of carbonyl (C=O) groups is 2. The van der Waals surface area contributed by atoms with E-state index >= 15 is 0 Å². The van der Waals surface area contributed by atoms with Gasteiger partial charge in [0.2, 0.25) is 12.5 Å². The van der Waals surface area contributed by atoms with E-state index in [0.717, 1.165) is 18.4 Å². The molecule has 2 aromatic carbocycles. The van der Waals surface area contributed by atoms with Crippen LogP contribution in [-0.2, 0) is 6.54 Å². The maximum atomic E-state index is 13.3. The van der Waals surface area contributed by atoms with Crippen LogP contribution in [-0.4, -0.2) is 75.5 Å². The Labute approximate surface area is 206 Å². The minimum absolute atomic E-state index is 0.0245. The zero-order valence-corrected chi connectivity index (χ0v) is 19.2. The zero-order valence-electron chi connectivity index (χ0n) is 19.2. The van der Waals surface area contributed by atoms with Crippen LogP contribution in [0.2, 0.25) is 0 Å². The number of benzene rings is 2. The van der Waals surface area contributed by atoms with Crippen LogP contribution in [0.3, 0.4) is 0 Å². The first kappa shape index (κ1) is 23.0. The van der Waals surface area contributed by atoms with E-state index in [2.05, 4.69) is 16.0 Å². The van der Waals surface area contributed by atoms with E-state index < -0.39 is 53.9 Å². The van der Waals surface area contributed by atoms with E-state index in [1.54, 1.807) is 18.2 Å². The molecule has 0 bridgehead atoms. The molecule has 0 radical (unpaired) electrons. The van der Waals surface area contributed by atoms with Gasteiger partial charge in [-0.2, -0.15) is 0 Å². The second-order valence-corrected chi connectivity index (χ2v) is 9.77. The van der Waals surface area contributed by atoms with Gasteiger partial charge in [0.15, 0.2) is 11.5 Å². The van der Waals surface area contributed by atoms with Crippen LogP contribution in [0.25, 0.3) is 0 Å². The number of fused-ring (bicyclic) bond motifs is 4. The molecule has 4 aliphatic rings. The van der Waals surface area contributed by atoms with Crippen molar-refractivity contribution in [3.8, 4) is 17.2 Å². The number of aliphatic hydroxyl groups excluding tert-OH is 3. The van der Waals surface area contributed by atoms with E-state index in [9.17, 15) is 30.0 Å². The van der Waals surface area contributed by atoms with Crippen molar-refractivity contribution in [3.63, 3.8) is 0 Å². The first-order valence-corrected chi connectivity index (χ1v) is 12.0. The molecule has 2 aromatic rings. The molecule has 7 N–H and O–H groups in total. The molecule has 2 aliphatic carbocycles. The fourth-order valence-corrected chi connectivity index (χ4v) is 5.39. The molecular formula is C25H27N3O8. The molecule has 11 nitrogen and oxygen atoms in total. The van der Waals surface area contributed by atoms with Crippen LogP contribution in [0.5, 0.6) is 17.2 Å². The number of amides is 2. The van der Waals surface area contributed by atoms with Crippen molar-refractivity contribution in [2.45, 2.75) is 61.7 Å². The zero-order chi connectivity index (χ0) is 25.1. The number of phenols is 1. The first-order valence-electron chi connectivity index (χ1n) is 12.0. The maximum Gasteiger partial charge on any atom is 0.255 e. The predicted molar refractivity (Wildman–Crippen MR) is 124 cm³/mol. The van der Waals surface area contributed by atoms with Gasteiger partial charge in [-0.1, -0.05) is 12.1 Å². The second kappa shape index (κ2) is 8.63. The van der Waals surface area contributed by atoms with Gasteiger partial charge in [0.25, 0.3) is 11.8 Å². The van der Waals surface area contributed by atoms with Gasteiger partial charge < -0.3 is 45.9 Å². The van der Waals surface area contributed by atoms with E-state index in [4.69, 9.17) is 9.47 Å². The molecule has 190 valence electrons. The average Bonchev–Trinajstić information content (AvgIpc) is 3.58. The van der Waals surface area contributed by atoms with Crippen LogP contribution in [0.15, 0.2) is 30.3 Å². The molecule has 0 spiro atoms. The summed E-state index contributed by atoms with van der Waals surface area (Å²) in [6.45, 7) is 0.483. The number of aromatic hydroxyl groups is 1. The summed E-state index contributed by atoms with van der Waals surface area (Å²) in [5.74, 6) is -2.24. The minimum atomic E-state index is -1.63. The summed E-state index contributed by atoms with van der Waals surface area (Å²) in [5, 5.41) is 51.7. The van der Waals surface area contributed by atoms with Gasteiger partial charge in [-0.3, -0.25) is 9.59 Å². The van der Waals surface area contributed by atoms with Crippen LogP contribution in [0.1, 0.15) is 50.6 Å². The highest BCUT2D eigenvalue weighted by atomic mass is 16.7. The Hall–Kier alpha value is -3.38. The van der Waals surface area contributed by atoms with Crippen molar-refractivity contribution in [2.75, 3.05) is 6.79 Å². The highest BCUT2D eigenvalue weighted by Gasteiger charge is 2.54. The molecule has 11 heteroatoms. The summed E-state index contributed by atoms with van der Waals surface area (Å²) < 4.78 is 10.7. The summed E-state index contributed by atoms with van der Waals surface area (Å²) in [6.07, 6.45) is -2.41. The Balaban J connectivity index is 1.34. The highest BCUT2D eigenvalue weighted by molar-refractivity contribution is 6.02. The third-order valence-corrected chi connectivity index (χ3v) is 7.42. The molecule has 2 saturated carbocycles. The molecule has 0 saturated heterocycles. The summed E-state index contributed by atoms with van der Waals surface area (Å²) in [6, 6.07) is 6.96. The van der Waals surface area contributed by atoms with Gasteiger partial charge >= 0.3 is 0 Å². The van der Waals surface area contributed by atoms with Crippen LogP contribution < -0.4 is 25.4 Å². The number of rotatable bonds is 5. The Morgan fingerprint density at radius 1 is 1.08 bits per heavy atom. The largest absolute Gasteiger partial charge is 0.504 e. The fraction of sp³-hybridized carbons (Fsp3) is 0.440. The lowest BCUT2D eigenvalue weighted by molar-refractivity contribution is -0.117. The SMILES string of the molecule is O=C(N[C@@H]1C2c3cc4c(c(O)c3C(=O)N[C@H]2[C@H](O)[C@H](O)[C@H]1O)OCO4)c1cccc(CNC2CC2)c1. The molecule has 2 aliphatic heterocycles. The number of ether oxygens (including phenoxy) is 2. The summed E-state index contributed by atoms with van der Waals surface area (Å²) in [7, 11) is 0. The van der Waals surface area contributed by atoms with Crippen LogP contribution in [0, 0.1) is 0 Å². The van der Waals surface area contributed by atoms with Crippen LogP contribution >= 0.6 is 0 Å². The second-order valence-electron chi connectivity index (χ2n) is 9.77. The number of nitrogens with one attached hydrogen (secondary N) is 3. The lowest BCUT2D eigenvalue weighted by Crippen LogP contribution is -2.69. The molecule has 0 aromatic heterocycles. The van der Waals surface area contributed by atoms with E-state index in [1.165, 1.54) is 6.07 Å². The molecule has 36 heavy (non-hydrogen) atoms. The van der Waals surface area contributed by atoms with Gasteiger partial charge in [0, 0.05) is 24.1 Å². The highest BCUT2D eigenvalue weighted by Crippen LogP contribution is 2.50. The van der Waals surface area contributed by atoms with Crippen molar-refractivity contribution >= 4 is 11.8 Å². The van der Waals surface area contributed by atoms with Gasteiger partial charge in [-0.25, -0.2) is 0 Å². The number of phenolic OH excluding ortho intramolecular Hbond substituents is 1. The molecule has 2 amide bonds. The average molecular weight is 498 g/mol. The molecule has 2 fully saturated rings. The van der Waals surface area contributed by atoms with Gasteiger partial charge in [-0.15, -0.1) is 0 Å². The standard InChI is InChI=1S/C25H27N3O8/c29-19-16-13(7-14-23(19)36-9-35-14)15-17(20(30)22(32)21(31)18(15)28-25(16)34)27-24(33)11-3-1-2-10(6-11)8-26-12-4-5-12/h1-3,6-7,12,15,17-18,20-22,26,29-32H,4-5,8-9H2,(H,27,33)(H,28,34)/t15?,17-,18-,20+,21+,22-/m1/s1. The topological polar surface area (TPSA) is 170 Å². The van der Waals surface area contributed by atoms with Crippen LogP contribution in [0.4, 0.5) is 0 Å². The Bertz CT molecular complexity index is 1230. The number of aliphatic hydroxyl groups is 3. The van der Waals surface area contributed by atoms with E-state index in [0.29, 0.717) is 18.2 Å². The first-order chi connectivity index (χ1) is 17.3. The monoisotopic (exact) mass is 497 g/mol. The number of carbonyl (C=O) groups excluding carboxylic acids is 2. The number of hydrogen-bond donors (Lipinski definition) is 7. The Morgan fingerprint density at radius 3 is 2.67 bits per heavy atom. The summed E-state index contributed by atoms with van der Waals surface area (Å²) >= 11 is 0. The van der Waals surface area contributed by atoms with E-state index in [1.807, 2.05) is 6.07 Å². The van der Waals surface area contributed by atoms with Gasteiger partial charge in [0.05, 0.1) is 17.6 Å². The minimum Gasteiger partial charge on any atom is -0.504 e. The van der Waals surface area contributed by atoms with Gasteiger partial charge in [-0.05, 0) is 42.2 Å². The predicted octanol–water partition coefficient (Wildman–Crippen LogP) is -0.537. The number of hydrogen-bond acceptors (Lipinski definition) is 9. The van der Waals surface area contributed by atoms with Crippen molar-refractivity contribution in [2.24, 2.45) is 0 Å². The van der Waals surface area contributed by atoms with Crippen molar-refractivity contribution in [1.82, 2.24) is 16.0 Å². The smallest absolute Gasteiger partial charge is 0.255 e. The van der Waals surface area contributed by atoms with Crippen molar-refractivity contribution in [3.05, 3.63) is 52.6 Å². The normalized spacial score (nSPS) is 30.2. The van der Waals surface area contributed by atoms with E-state index in [-0.39, 0.29) is 29.4 Å². The Kier molecular flexibility index (Phi) is 5.52. The fourth-order valence-electron chi connectivity index (χ4n) is 5.39. The molecule has 6 rings (SSSR count). The lowest BCUT2D eigenvalue weighted by atomic mass is 9.68. The maximum absolute atomic E-state index is 13.3. The third kappa shape index (κ3) is 3.75. The quantitative estimate of drug-likeness (QED) is 0.287. The molecule has 1 unspecified atom stereocenters. The Morgan fingerprint density at radius 2 is 1.89 bits per heavy atom.